The van der Waals surface area contributed by atoms with Gasteiger partial charge in [0.05, 0.1) is 0 Å². The van der Waals surface area contributed by atoms with Crippen LogP contribution in [0.4, 0.5) is 0 Å². The van der Waals surface area contributed by atoms with Crippen molar-refractivity contribution in [2.24, 2.45) is 0 Å². The normalized spacial score (nSPS) is 10.9. The van der Waals surface area contributed by atoms with Gasteiger partial charge in [-0.25, -0.2) is 4.79 Å². The Kier molecular flexibility index (Phi) is 2.45. The zero-order valence-corrected chi connectivity index (χ0v) is 9.53. The van der Waals surface area contributed by atoms with E-state index < -0.39 is 5.97 Å². The first-order valence-electron chi connectivity index (χ1n) is 4.79. The summed E-state index contributed by atoms with van der Waals surface area (Å²) in [6.07, 6.45) is 0. The highest BCUT2D eigenvalue weighted by molar-refractivity contribution is 7.99. The number of nitrogens with zero attached hydrogens (tertiary/aromatic N) is 5. The highest BCUT2D eigenvalue weighted by atomic mass is 32.2. The van der Waals surface area contributed by atoms with Crippen molar-refractivity contribution < 1.29 is 14.3 Å². The Balaban J connectivity index is 1.88. The molecule has 0 spiro atoms. The maximum Gasteiger partial charge on any atom is 0.371 e. The highest BCUT2D eigenvalue weighted by Crippen LogP contribution is 2.27. The molecule has 0 saturated carbocycles. The predicted molar refractivity (Wildman–Crippen MR) is 58.4 cm³/mol. The fourth-order valence-corrected chi connectivity index (χ4v) is 2.01. The third-order valence-electron chi connectivity index (χ3n) is 2.04. The van der Waals surface area contributed by atoms with Gasteiger partial charge in [0.15, 0.2) is 10.7 Å². The molecule has 0 bridgehead atoms. The second kappa shape index (κ2) is 4.11. The molecule has 1 N–H and O–H groups in total. The summed E-state index contributed by atoms with van der Waals surface area (Å²) in [6, 6.07) is 6.38. The van der Waals surface area contributed by atoms with Crippen molar-refractivity contribution in [3.8, 4) is 0 Å². The van der Waals surface area contributed by atoms with E-state index in [1.165, 1.54) is 22.5 Å². The van der Waals surface area contributed by atoms with E-state index in [4.69, 9.17) is 9.52 Å². The summed E-state index contributed by atoms with van der Waals surface area (Å²) in [6.45, 7) is 0. The van der Waals surface area contributed by atoms with Crippen molar-refractivity contribution >= 4 is 23.4 Å². The number of hydrogen-bond donors (Lipinski definition) is 1. The van der Waals surface area contributed by atoms with Crippen LogP contribution in [-0.2, 0) is 0 Å². The second-order valence-corrected chi connectivity index (χ2v) is 4.25. The monoisotopic (exact) mass is 263 g/mol. The molecular weight excluding hydrogens is 258 g/mol. The van der Waals surface area contributed by atoms with Crippen LogP contribution in [-0.4, -0.2) is 36.3 Å². The van der Waals surface area contributed by atoms with Gasteiger partial charge in [0.25, 0.3) is 0 Å². The Morgan fingerprint density at radius 3 is 3.00 bits per heavy atom. The molecular formula is C9H5N5O3S. The van der Waals surface area contributed by atoms with E-state index in [1.807, 2.05) is 0 Å². The molecule has 3 rings (SSSR count). The third-order valence-corrected chi connectivity index (χ3v) is 2.89. The number of tetrazole rings is 1. The van der Waals surface area contributed by atoms with Crippen molar-refractivity contribution in [3.05, 3.63) is 30.0 Å². The molecule has 3 aromatic heterocycles. The maximum absolute atomic E-state index is 10.7. The molecule has 0 aliphatic rings. The van der Waals surface area contributed by atoms with Crippen molar-refractivity contribution in [2.75, 3.05) is 0 Å². The van der Waals surface area contributed by atoms with Crippen LogP contribution < -0.4 is 0 Å². The molecule has 0 aliphatic heterocycles. The van der Waals surface area contributed by atoms with Crippen LogP contribution in [0.15, 0.2) is 38.8 Å². The molecule has 0 amide bonds. The van der Waals surface area contributed by atoms with Gasteiger partial charge >= 0.3 is 5.97 Å². The largest absolute Gasteiger partial charge is 0.475 e. The van der Waals surface area contributed by atoms with E-state index >= 15 is 0 Å². The van der Waals surface area contributed by atoms with Crippen LogP contribution in [0.1, 0.15) is 10.6 Å². The SMILES string of the molecule is O=C(O)c1ccc(Sc2ccc3nnnn3n2)o1. The third kappa shape index (κ3) is 1.91. The van der Waals surface area contributed by atoms with Gasteiger partial charge in [-0.1, -0.05) is 0 Å². The van der Waals surface area contributed by atoms with Crippen molar-refractivity contribution in [1.82, 2.24) is 25.3 Å². The van der Waals surface area contributed by atoms with Crippen LogP contribution in [0.3, 0.4) is 0 Å². The molecule has 0 aromatic carbocycles. The van der Waals surface area contributed by atoms with Crippen LogP contribution in [0.5, 0.6) is 0 Å². The molecule has 0 atom stereocenters. The zero-order chi connectivity index (χ0) is 12.5. The smallest absolute Gasteiger partial charge is 0.371 e. The lowest BCUT2D eigenvalue weighted by atomic mass is 10.5. The molecule has 90 valence electrons. The summed E-state index contributed by atoms with van der Waals surface area (Å²) < 4.78 is 6.39. The van der Waals surface area contributed by atoms with Crippen LogP contribution in [0, 0.1) is 0 Å². The molecule has 3 aromatic rings. The number of carboxylic acid groups (broad SMARTS) is 1. The number of carboxylic acids is 1. The van der Waals surface area contributed by atoms with E-state index in [0.717, 1.165) is 0 Å². The van der Waals surface area contributed by atoms with Crippen LogP contribution in [0.25, 0.3) is 5.65 Å². The van der Waals surface area contributed by atoms with Crippen LogP contribution in [0.2, 0.25) is 0 Å². The maximum atomic E-state index is 10.7. The van der Waals surface area contributed by atoms with Crippen LogP contribution >= 0.6 is 11.8 Å². The van der Waals surface area contributed by atoms with Gasteiger partial charge in [-0.2, -0.15) is 0 Å². The highest BCUT2D eigenvalue weighted by Gasteiger charge is 2.11. The van der Waals surface area contributed by atoms with E-state index in [0.29, 0.717) is 15.8 Å². The Morgan fingerprint density at radius 1 is 1.33 bits per heavy atom. The minimum atomic E-state index is -1.11. The Labute approximate surface area is 104 Å². The molecule has 0 unspecified atom stereocenters. The van der Waals surface area contributed by atoms with Gasteiger partial charge in [0, 0.05) is 0 Å². The summed E-state index contributed by atoms with van der Waals surface area (Å²) in [5.41, 5.74) is 0.532. The van der Waals surface area contributed by atoms with E-state index in [2.05, 4.69) is 20.6 Å². The standard InChI is InChI=1S/C9H5N5O3S/c15-9(16)5-1-4-8(17-5)18-7-3-2-6-10-12-13-14(6)11-7/h1-4H,(H,15,16). The van der Waals surface area contributed by atoms with Crippen molar-refractivity contribution in [3.63, 3.8) is 0 Å². The summed E-state index contributed by atoms with van der Waals surface area (Å²) >= 11 is 1.19. The summed E-state index contributed by atoms with van der Waals surface area (Å²) in [4.78, 5) is 10.7. The van der Waals surface area contributed by atoms with Gasteiger partial charge < -0.3 is 9.52 Å². The minimum absolute atomic E-state index is 0.110. The average Bonchev–Trinajstić information content (AvgIpc) is 2.96. The van der Waals surface area contributed by atoms with Crippen molar-refractivity contribution in [1.29, 1.82) is 0 Å². The van der Waals surface area contributed by atoms with E-state index in [1.54, 1.807) is 18.2 Å². The summed E-state index contributed by atoms with van der Waals surface area (Å²) in [5.74, 6) is -1.22. The first-order chi connectivity index (χ1) is 8.72. The lowest BCUT2D eigenvalue weighted by Crippen LogP contribution is -1.95. The molecule has 18 heavy (non-hydrogen) atoms. The Hall–Kier alpha value is -2.42. The zero-order valence-electron chi connectivity index (χ0n) is 8.72. The number of hydrogen-bond acceptors (Lipinski definition) is 7. The average molecular weight is 263 g/mol. The van der Waals surface area contributed by atoms with Gasteiger partial charge in [0.2, 0.25) is 5.76 Å². The van der Waals surface area contributed by atoms with Gasteiger partial charge in [0.1, 0.15) is 5.03 Å². The second-order valence-electron chi connectivity index (χ2n) is 3.22. The van der Waals surface area contributed by atoms with Gasteiger partial charge in [-0.3, -0.25) is 0 Å². The first-order valence-corrected chi connectivity index (χ1v) is 5.60. The van der Waals surface area contributed by atoms with Gasteiger partial charge in [-0.05, 0) is 46.5 Å². The molecule has 0 saturated heterocycles. The van der Waals surface area contributed by atoms with Crippen molar-refractivity contribution in [2.45, 2.75) is 10.1 Å². The molecule has 0 radical (unpaired) electrons. The number of fused-ring (bicyclic) bond motifs is 1. The number of aromatic carboxylic acids is 1. The lowest BCUT2D eigenvalue weighted by molar-refractivity contribution is 0.0656. The number of furan rings is 1. The number of rotatable bonds is 3. The molecule has 0 aliphatic carbocycles. The number of carbonyl (C=O) groups is 1. The predicted octanol–water partition coefficient (Wildman–Crippen LogP) is 0.962. The lowest BCUT2D eigenvalue weighted by Gasteiger charge is -1.96. The number of aromatic nitrogens is 5. The minimum Gasteiger partial charge on any atom is -0.475 e. The molecule has 3 heterocycles. The quantitative estimate of drug-likeness (QED) is 0.744. The first kappa shape index (κ1) is 10.7. The molecule has 8 nitrogen and oxygen atoms in total. The van der Waals surface area contributed by atoms with Gasteiger partial charge in [-0.15, -0.1) is 14.8 Å². The Bertz CT molecular complexity index is 722. The summed E-state index contributed by atoms with van der Waals surface area (Å²) in [7, 11) is 0. The fraction of sp³-hybridized carbons (Fsp3) is 0. The Morgan fingerprint density at radius 2 is 2.22 bits per heavy atom. The van der Waals surface area contributed by atoms with E-state index in [9.17, 15) is 4.79 Å². The van der Waals surface area contributed by atoms with E-state index in [-0.39, 0.29) is 5.76 Å². The summed E-state index contributed by atoms with van der Waals surface area (Å²) in [5, 5.41) is 24.7. The molecule has 9 heteroatoms. The molecule has 0 fully saturated rings. The fourth-order valence-electron chi connectivity index (χ4n) is 1.28. The topological polar surface area (TPSA) is 106 Å².